The van der Waals surface area contributed by atoms with E-state index in [0.29, 0.717) is 13.1 Å². The molecule has 1 aromatic rings. The highest BCUT2D eigenvalue weighted by atomic mass is 16.2. The minimum Gasteiger partial charge on any atom is -0.329 e. The summed E-state index contributed by atoms with van der Waals surface area (Å²) >= 11 is 0. The van der Waals surface area contributed by atoms with Crippen molar-refractivity contribution < 1.29 is 9.59 Å². The number of carbonyl (C=O) groups is 2. The van der Waals surface area contributed by atoms with Gasteiger partial charge in [-0.25, -0.2) is 0 Å². The molecule has 0 spiro atoms. The van der Waals surface area contributed by atoms with Gasteiger partial charge in [-0.2, -0.15) is 0 Å². The second kappa shape index (κ2) is 6.29. The Morgan fingerprint density at radius 1 is 1.24 bits per heavy atom. The molecular formula is C17H24N2O2. The molecule has 0 bridgehead atoms. The highest BCUT2D eigenvalue weighted by Crippen LogP contribution is 2.22. The van der Waals surface area contributed by atoms with Gasteiger partial charge in [0.25, 0.3) is 0 Å². The molecule has 1 atom stereocenters. The fourth-order valence-electron chi connectivity index (χ4n) is 2.67. The highest BCUT2D eigenvalue weighted by Gasteiger charge is 2.35. The van der Waals surface area contributed by atoms with Crippen molar-refractivity contribution in [2.24, 2.45) is 5.92 Å². The molecule has 1 aliphatic rings. The van der Waals surface area contributed by atoms with E-state index in [0.717, 1.165) is 12.1 Å². The SMILES string of the molecule is CCc1ccc(N2CCN(C(=O)C(C)C)C(C)C2=O)cc1. The van der Waals surface area contributed by atoms with E-state index in [9.17, 15) is 9.59 Å². The largest absolute Gasteiger partial charge is 0.329 e. The number of anilines is 1. The Balaban J connectivity index is 2.15. The van der Waals surface area contributed by atoms with Crippen LogP contribution in [0.2, 0.25) is 0 Å². The van der Waals surface area contributed by atoms with Crippen molar-refractivity contribution in [2.75, 3.05) is 18.0 Å². The molecule has 2 rings (SSSR count). The first kappa shape index (κ1) is 15.5. The number of aryl methyl sites for hydroxylation is 1. The van der Waals surface area contributed by atoms with Crippen LogP contribution >= 0.6 is 0 Å². The quantitative estimate of drug-likeness (QED) is 0.857. The Kier molecular flexibility index (Phi) is 4.66. The third-order valence-corrected chi connectivity index (χ3v) is 4.09. The van der Waals surface area contributed by atoms with E-state index in [1.807, 2.05) is 32.9 Å². The molecule has 0 aromatic heterocycles. The van der Waals surface area contributed by atoms with Crippen LogP contribution in [0.15, 0.2) is 24.3 Å². The van der Waals surface area contributed by atoms with Crippen molar-refractivity contribution in [1.82, 2.24) is 4.90 Å². The second-order valence-corrected chi connectivity index (χ2v) is 5.87. The number of nitrogens with zero attached hydrogens (tertiary/aromatic N) is 2. The molecule has 1 fully saturated rings. The standard InChI is InChI=1S/C17H24N2O2/c1-5-14-6-8-15(9-7-14)19-11-10-18(13(4)17(19)21)16(20)12(2)3/h6-9,12-13H,5,10-11H2,1-4H3. The molecule has 0 N–H and O–H groups in total. The van der Waals surface area contributed by atoms with E-state index in [4.69, 9.17) is 0 Å². The first-order valence-electron chi connectivity index (χ1n) is 7.66. The predicted molar refractivity (Wildman–Crippen MR) is 84.2 cm³/mol. The van der Waals surface area contributed by atoms with Gasteiger partial charge in [0.2, 0.25) is 11.8 Å². The minimum absolute atomic E-state index is 0.000464. The van der Waals surface area contributed by atoms with E-state index >= 15 is 0 Å². The molecule has 114 valence electrons. The van der Waals surface area contributed by atoms with Crippen LogP contribution < -0.4 is 4.90 Å². The van der Waals surface area contributed by atoms with Crippen LogP contribution in [0.4, 0.5) is 5.69 Å². The Morgan fingerprint density at radius 2 is 1.86 bits per heavy atom. The van der Waals surface area contributed by atoms with Crippen LogP contribution in [-0.4, -0.2) is 35.8 Å². The van der Waals surface area contributed by atoms with Gasteiger partial charge in [-0.1, -0.05) is 32.9 Å². The lowest BCUT2D eigenvalue weighted by atomic mass is 10.1. The normalized spacial score (nSPS) is 19.3. The lowest BCUT2D eigenvalue weighted by molar-refractivity contribution is -0.143. The summed E-state index contributed by atoms with van der Waals surface area (Å²) in [6.07, 6.45) is 0.987. The average Bonchev–Trinajstić information content (AvgIpc) is 2.49. The first-order valence-corrected chi connectivity index (χ1v) is 7.66. The number of hydrogen-bond donors (Lipinski definition) is 0. The lowest BCUT2D eigenvalue weighted by Gasteiger charge is -2.39. The second-order valence-electron chi connectivity index (χ2n) is 5.87. The van der Waals surface area contributed by atoms with Crippen molar-refractivity contribution in [2.45, 2.75) is 40.2 Å². The zero-order chi connectivity index (χ0) is 15.6. The van der Waals surface area contributed by atoms with Crippen molar-refractivity contribution in [3.8, 4) is 0 Å². The summed E-state index contributed by atoms with van der Waals surface area (Å²) in [7, 11) is 0. The van der Waals surface area contributed by atoms with E-state index in [2.05, 4.69) is 19.1 Å². The van der Waals surface area contributed by atoms with Crippen LogP contribution in [-0.2, 0) is 16.0 Å². The van der Waals surface area contributed by atoms with Gasteiger partial charge in [0.1, 0.15) is 6.04 Å². The van der Waals surface area contributed by atoms with Crippen molar-refractivity contribution >= 4 is 17.5 Å². The summed E-state index contributed by atoms with van der Waals surface area (Å²) < 4.78 is 0. The lowest BCUT2D eigenvalue weighted by Crippen LogP contribution is -2.58. The van der Waals surface area contributed by atoms with Crippen LogP contribution in [0.5, 0.6) is 0 Å². The fraction of sp³-hybridized carbons (Fsp3) is 0.529. The molecule has 2 amide bonds. The van der Waals surface area contributed by atoms with Crippen molar-refractivity contribution in [3.63, 3.8) is 0 Å². The Hall–Kier alpha value is -1.84. The Morgan fingerprint density at radius 3 is 2.38 bits per heavy atom. The maximum Gasteiger partial charge on any atom is 0.249 e. The molecule has 1 heterocycles. The molecular weight excluding hydrogens is 264 g/mol. The van der Waals surface area contributed by atoms with Gasteiger partial charge in [0, 0.05) is 24.7 Å². The molecule has 4 nitrogen and oxygen atoms in total. The summed E-state index contributed by atoms with van der Waals surface area (Å²) in [5, 5.41) is 0. The minimum atomic E-state index is -0.389. The molecule has 0 radical (unpaired) electrons. The molecule has 21 heavy (non-hydrogen) atoms. The summed E-state index contributed by atoms with van der Waals surface area (Å²) in [6, 6.07) is 7.70. The third kappa shape index (κ3) is 3.09. The summed E-state index contributed by atoms with van der Waals surface area (Å²) in [5.41, 5.74) is 2.17. The van der Waals surface area contributed by atoms with Gasteiger partial charge >= 0.3 is 0 Å². The van der Waals surface area contributed by atoms with Crippen LogP contribution in [0.1, 0.15) is 33.3 Å². The smallest absolute Gasteiger partial charge is 0.249 e. The highest BCUT2D eigenvalue weighted by molar-refractivity contribution is 6.00. The number of benzene rings is 1. The molecule has 1 aromatic carbocycles. The first-order chi connectivity index (χ1) is 9.95. The predicted octanol–water partition coefficient (Wildman–Crippen LogP) is 2.47. The zero-order valence-corrected chi connectivity index (χ0v) is 13.3. The Bertz CT molecular complexity index is 522. The maximum absolute atomic E-state index is 12.5. The summed E-state index contributed by atoms with van der Waals surface area (Å²) in [6.45, 7) is 8.82. The monoisotopic (exact) mass is 288 g/mol. The van der Waals surface area contributed by atoms with Gasteiger partial charge in [0.05, 0.1) is 0 Å². The maximum atomic E-state index is 12.5. The van der Waals surface area contributed by atoms with Crippen molar-refractivity contribution in [1.29, 1.82) is 0 Å². The number of amides is 2. The van der Waals surface area contributed by atoms with Gasteiger partial charge in [-0.3, -0.25) is 9.59 Å². The van der Waals surface area contributed by atoms with Gasteiger partial charge in [0.15, 0.2) is 0 Å². The molecule has 1 aliphatic heterocycles. The van der Waals surface area contributed by atoms with E-state index in [1.165, 1.54) is 5.56 Å². The van der Waals surface area contributed by atoms with Crippen LogP contribution in [0.25, 0.3) is 0 Å². The van der Waals surface area contributed by atoms with Gasteiger partial charge in [-0.05, 0) is 31.0 Å². The van der Waals surface area contributed by atoms with E-state index in [-0.39, 0.29) is 23.8 Å². The molecule has 1 unspecified atom stereocenters. The van der Waals surface area contributed by atoms with Crippen molar-refractivity contribution in [3.05, 3.63) is 29.8 Å². The van der Waals surface area contributed by atoms with Gasteiger partial charge in [-0.15, -0.1) is 0 Å². The molecule has 0 saturated carbocycles. The molecule has 4 heteroatoms. The fourth-order valence-corrected chi connectivity index (χ4v) is 2.67. The molecule has 1 saturated heterocycles. The number of hydrogen-bond acceptors (Lipinski definition) is 2. The zero-order valence-electron chi connectivity index (χ0n) is 13.3. The number of piperazine rings is 1. The summed E-state index contributed by atoms with van der Waals surface area (Å²) in [5.74, 6) is -0.0213. The topological polar surface area (TPSA) is 40.6 Å². The number of carbonyl (C=O) groups excluding carboxylic acids is 2. The van der Waals surface area contributed by atoms with Crippen LogP contribution in [0.3, 0.4) is 0 Å². The van der Waals surface area contributed by atoms with Gasteiger partial charge < -0.3 is 9.80 Å². The average molecular weight is 288 g/mol. The Labute approximate surface area is 126 Å². The molecule has 0 aliphatic carbocycles. The number of rotatable bonds is 3. The third-order valence-electron chi connectivity index (χ3n) is 4.09. The van der Waals surface area contributed by atoms with E-state index in [1.54, 1.807) is 9.80 Å². The van der Waals surface area contributed by atoms with E-state index < -0.39 is 0 Å². The van der Waals surface area contributed by atoms with Crippen LogP contribution in [0, 0.1) is 5.92 Å². The summed E-state index contributed by atoms with van der Waals surface area (Å²) in [4.78, 5) is 28.2.